The van der Waals surface area contributed by atoms with E-state index in [2.05, 4.69) is 11.1 Å². The number of hydrogen-bond acceptors (Lipinski definition) is 3. The van der Waals surface area contributed by atoms with Crippen LogP contribution in [-0.2, 0) is 9.53 Å². The molecule has 1 saturated heterocycles. The second kappa shape index (κ2) is 7.23. The normalized spacial score (nSPS) is 23.9. The summed E-state index contributed by atoms with van der Waals surface area (Å²) in [7, 11) is 0. The summed E-state index contributed by atoms with van der Waals surface area (Å²) in [5.74, 6) is 0.167. The van der Waals surface area contributed by atoms with Crippen LogP contribution < -0.4 is 0 Å². The van der Waals surface area contributed by atoms with Crippen LogP contribution in [0.15, 0.2) is 24.5 Å². The molecule has 1 aromatic rings. The monoisotopic (exact) mass is 302 g/mol. The number of pyridine rings is 1. The average Bonchev–Trinajstić information content (AvgIpc) is 3.24. The molecule has 3 rings (SSSR count). The minimum atomic E-state index is -0.277. The summed E-state index contributed by atoms with van der Waals surface area (Å²) in [6.07, 6.45) is 11.2. The van der Waals surface area contributed by atoms with Crippen molar-refractivity contribution in [3.05, 3.63) is 30.1 Å². The SMILES string of the molecule is CC[C@H](OC1CCCC1)C(=O)N1CCC[C@H]1c1cccnc1. The number of carbonyl (C=O) groups excluding carboxylic acids is 1. The number of nitrogens with zero attached hydrogens (tertiary/aromatic N) is 2. The van der Waals surface area contributed by atoms with E-state index in [-0.39, 0.29) is 24.2 Å². The summed E-state index contributed by atoms with van der Waals surface area (Å²) in [5.41, 5.74) is 1.14. The molecule has 2 heterocycles. The highest BCUT2D eigenvalue weighted by molar-refractivity contribution is 5.81. The highest BCUT2D eigenvalue weighted by atomic mass is 16.5. The first kappa shape index (κ1) is 15.5. The third-order valence-electron chi connectivity index (χ3n) is 4.91. The first-order chi connectivity index (χ1) is 10.8. The quantitative estimate of drug-likeness (QED) is 0.836. The Morgan fingerprint density at radius 1 is 1.36 bits per heavy atom. The van der Waals surface area contributed by atoms with Crippen LogP contribution in [0.1, 0.15) is 63.5 Å². The van der Waals surface area contributed by atoms with Crippen LogP contribution in [0.5, 0.6) is 0 Å². The molecular formula is C18H26N2O2. The van der Waals surface area contributed by atoms with Crippen molar-refractivity contribution >= 4 is 5.91 Å². The largest absolute Gasteiger partial charge is 0.365 e. The smallest absolute Gasteiger partial charge is 0.252 e. The van der Waals surface area contributed by atoms with Crippen molar-refractivity contribution in [3.8, 4) is 0 Å². The minimum absolute atomic E-state index is 0.167. The summed E-state index contributed by atoms with van der Waals surface area (Å²) in [6.45, 7) is 2.88. The van der Waals surface area contributed by atoms with Gasteiger partial charge in [0.2, 0.25) is 0 Å². The molecule has 4 heteroatoms. The van der Waals surface area contributed by atoms with Crippen LogP contribution in [0.25, 0.3) is 0 Å². The molecule has 0 aromatic carbocycles. The van der Waals surface area contributed by atoms with Crippen molar-refractivity contribution < 1.29 is 9.53 Å². The van der Waals surface area contributed by atoms with E-state index in [0.717, 1.165) is 44.2 Å². The van der Waals surface area contributed by atoms with Crippen LogP contribution >= 0.6 is 0 Å². The number of hydrogen-bond donors (Lipinski definition) is 0. The van der Waals surface area contributed by atoms with Gasteiger partial charge in [-0.2, -0.15) is 0 Å². The standard InChI is InChI=1S/C18H26N2O2/c1-2-17(22-15-8-3-4-9-15)18(21)20-12-6-10-16(20)14-7-5-11-19-13-14/h5,7,11,13,15-17H,2-4,6,8-10,12H2,1H3/t16-,17-/m0/s1. The molecule has 2 aliphatic rings. The molecule has 0 unspecified atom stereocenters. The number of rotatable bonds is 5. The van der Waals surface area contributed by atoms with Crippen molar-refractivity contribution in [2.75, 3.05) is 6.54 Å². The maximum atomic E-state index is 12.9. The maximum absolute atomic E-state index is 12.9. The van der Waals surface area contributed by atoms with Gasteiger partial charge >= 0.3 is 0 Å². The lowest BCUT2D eigenvalue weighted by atomic mass is 10.1. The van der Waals surface area contributed by atoms with Gasteiger partial charge in [0.15, 0.2) is 0 Å². The van der Waals surface area contributed by atoms with Gasteiger partial charge in [0.25, 0.3) is 5.91 Å². The Kier molecular flexibility index (Phi) is 5.08. The lowest BCUT2D eigenvalue weighted by Crippen LogP contribution is -2.41. The summed E-state index contributed by atoms with van der Waals surface area (Å²) >= 11 is 0. The molecule has 0 spiro atoms. The maximum Gasteiger partial charge on any atom is 0.252 e. The molecule has 1 amide bonds. The van der Waals surface area contributed by atoms with E-state index in [9.17, 15) is 4.79 Å². The van der Waals surface area contributed by atoms with Gasteiger partial charge in [-0.3, -0.25) is 9.78 Å². The zero-order chi connectivity index (χ0) is 15.4. The average molecular weight is 302 g/mol. The summed E-state index contributed by atoms with van der Waals surface area (Å²) in [4.78, 5) is 19.1. The Morgan fingerprint density at radius 3 is 2.86 bits per heavy atom. The van der Waals surface area contributed by atoms with Crippen molar-refractivity contribution in [2.45, 2.75) is 70.1 Å². The van der Waals surface area contributed by atoms with Gasteiger partial charge in [-0.25, -0.2) is 0 Å². The van der Waals surface area contributed by atoms with Crippen molar-refractivity contribution in [2.24, 2.45) is 0 Å². The van der Waals surface area contributed by atoms with E-state index in [1.54, 1.807) is 6.20 Å². The Balaban J connectivity index is 1.68. The van der Waals surface area contributed by atoms with E-state index < -0.39 is 0 Å². The van der Waals surface area contributed by atoms with E-state index in [0.29, 0.717) is 0 Å². The summed E-state index contributed by atoms with van der Waals surface area (Å²) < 4.78 is 6.11. The Hall–Kier alpha value is -1.42. The van der Waals surface area contributed by atoms with Crippen molar-refractivity contribution in [1.29, 1.82) is 0 Å². The lowest BCUT2D eigenvalue weighted by molar-refractivity contribution is -0.148. The first-order valence-electron chi connectivity index (χ1n) is 8.65. The van der Waals surface area contributed by atoms with E-state index >= 15 is 0 Å². The fourth-order valence-electron chi connectivity index (χ4n) is 3.72. The molecule has 4 nitrogen and oxygen atoms in total. The van der Waals surface area contributed by atoms with Gasteiger partial charge in [0.05, 0.1) is 12.1 Å². The van der Waals surface area contributed by atoms with Crippen LogP contribution in [0.4, 0.5) is 0 Å². The number of aromatic nitrogens is 1. The highest BCUT2D eigenvalue weighted by Crippen LogP contribution is 2.33. The predicted octanol–water partition coefficient (Wildman–Crippen LogP) is 3.48. The van der Waals surface area contributed by atoms with E-state index in [1.807, 2.05) is 24.1 Å². The second-order valence-electron chi connectivity index (χ2n) is 6.42. The Morgan fingerprint density at radius 2 is 2.18 bits per heavy atom. The first-order valence-corrected chi connectivity index (χ1v) is 8.65. The highest BCUT2D eigenvalue weighted by Gasteiger charge is 2.35. The van der Waals surface area contributed by atoms with E-state index in [1.165, 1.54) is 12.8 Å². The number of likely N-dealkylation sites (tertiary alicyclic amines) is 1. The molecule has 1 saturated carbocycles. The number of amides is 1. The molecule has 1 aliphatic heterocycles. The number of ether oxygens (including phenoxy) is 1. The fraction of sp³-hybridized carbons (Fsp3) is 0.667. The van der Waals surface area contributed by atoms with Gasteiger partial charge in [-0.15, -0.1) is 0 Å². The van der Waals surface area contributed by atoms with Crippen molar-refractivity contribution in [1.82, 2.24) is 9.88 Å². The van der Waals surface area contributed by atoms with Gasteiger partial charge in [0.1, 0.15) is 6.10 Å². The zero-order valence-corrected chi connectivity index (χ0v) is 13.4. The predicted molar refractivity (Wildman–Crippen MR) is 85.3 cm³/mol. The van der Waals surface area contributed by atoms with Gasteiger partial charge < -0.3 is 9.64 Å². The molecule has 22 heavy (non-hydrogen) atoms. The molecule has 0 radical (unpaired) electrons. The van der Waals surface area contributed by atoms with E-state index in [4.69, 9.17) is 4.74 Å². The fourth-order valence-corrected chi connectivity index (χ4v) is 3.72. The third-order valence-corrected chi connectivity index (χ3v) is 4.91. The molecule has 1 aliphatic carbocycles. The minimum Gasteiger partial charge on any atom is -0.365 e. The topological polar surface area (TPSA) is 42.4 Å². The zero-order valence-electron chi connectivity index (χ0n) is 13.4. The molecule has 2 atom stereocenters. The molecule has 0 bridgehead atoms. The lowest BCUT2D eigenvalue weighted by Gasteiger charge is -2.30. The Labute approximate surface area is 132 Å². The van der Waals surface area contributed by atoms with Crippen LogP contribution in [0.2, 0.25) is 0 Å². The molecule has 2 fully saturated rings. The molecule has 120 valence electrons. The summed E-state index contributed by atoms with van der Waals surface area (Å²) in [5, 5.41) is 0. The van der Waals surface area contributed by atoms with Crippen LogP contribution in [0.3, 0.4) is 0 Å². The van der Waals surface area contributed by atoms with Gasteiger partial charge in [-0.05, 0) is 43.7 Å². The summed E-state index contributed by atoms with van der Waals surface area (Å²) in [6, 6.07) is 4.19. The van der Waals surface area contributed by atoms with Crippen molar-refractivity contribution in [3.63, 3.8) is 0 Å². The Bertz CT molecular complexity index is 485. The van der Waals surface area contributed by atoms with Crippen LogP contribution in [-0.4, -0.2) is 34.5 Å². The molecule has 0 N–H and O–H groups in total. The number of carbonyl (C=O) groups is 1. The molecular weight excluding hydrogens is 276 g/mol. The van der Waals surface area contributed by atoms with Gasteiger partial charge in [0, 0.05) is 18.9 Å². The second-order valence-corrected chi connectivity index (χ2v) is 6.42. The molecule has 1 aromatic heterocycles. The van der Waals surface area contributed by atoms with Crippen LogP contribution in [0, 0.1) is 0 Å². The van der Waals surface area contributed by atoms with Gasteiger partial charge in [-0.1, -0.05) is 25.8 Å². The third kappa shape index (κ3) is 3.32.